The normalized spacial score (nSPS) is 12.0. The van der Waals surface area contributed by atoms with Gasteiger partial charge in [-0.05, 0) is 63.4 Å². The molecule has 0 saturated carbocycles. The van der Waals surface area contributed by atoms with E-state index in [4.69, 9.17) is 9.47 Å². The summed E-state index contributed by atoms with van der Waals surface area (Å²) in [5, 5.41) is 7.86. The predicted molar refractivity (Wildman–Crippen MR) is 129 cm³/mol. The number of benzene rings is 2. The van der Waals surface area contributed by atoms with E-state index in [0.29, 0.717) is 17.1 Å². The Morgan fingerprint density at radius 3 is 2.18 bits per heavy atom. The van der Waals surface area contributed by atoms with Crippen molar-refractivity contribution in [2.24, 2.45) is 0 Å². The Kier molecular flexibility index (Phi) is 8.85. The van der Waals surface area contributed by atoms with E-state index in [2.05, 4.69) is 29.8 Å². The zero-order valence-corrected chi connectivity index (χ0v) is 20.0. The molecule has 1 atom stereocenters. The number of rotatable bonds is 8. The van der Waals surface area contributed by atoms with Crippen molar-refractivity contribution < 1.29 is 23.9 Å². The van der Waals surface area contributed by atoms with E-state index in [1.807, 2.05) is 24.3 Å². The van der Waals surface area contributed by atoms with Gasteiger partial charge >= 0.3 is 6.09 Å². The molecule has 2 aromatic carbocycles. The first-order valence-corrected chi connectivity index (χ1v) is 10.9. The fourth-order valence-electron chi connectivity index (χ4n) is 2.90. The summed E-state index contributed by atoms with van der Waals surface area (Å²) >= 11 is 0. The minimum Gasteiger partial charge on any atom is -0.481 e. The molecule has 0 radical (unpaired) electrons. The zero-order valence-electron chi connectivity index (χ0n) is 20.0. The van der Waals surface area contributed by atoms with Crippen molar-refractivity contribution in [1.82, 2.24) is 5.32 Å². The molecule has 0 fully saturated rings. The molecule has 8 heteroatoms. The number of carbonyl (C=O) groups excluding carboxylic acids is 3. The molecule has 2 rings (SSSR count). The van der Waals surface area contributed by atoms with Crippen LogP contribution in [0.15, 0.2) is 48.5 Å². The second kappa shape index (κ2) is 11.4. The number of para-hydroxylation sites is 1. The van der Waals surface area contributed by atoms with Crippen molar-refractivity contribution in [3.05, 3.63) is 54.1 Å². The smallest absolute Gasteiger partial charge is 0.408 e. The van der Waals surface area contributed by atoms with Gasteiger partial charge in [-0.1, -0.05) is 38.1 Å². The lowest BCUT2D eigenvalue weighted by molar-refractivity contribution is -0.122. The lowest BCUT2D eigenvalue weighted by atomic mass is 10.0. The number of nitrogens with one attached hydrogen (secondary N) is 3. The number of anilines is 2. The Bertz CT molecular complexity index is 982. The third-order valence-electron chi connectivity index (χ3n) is 4.42. The van der Waals surface area contributed by atoms with Crippen LogP contribution in [-0.2, 0) is 14.3 Å². The van der Waals surface area contributed by atoms with Crippen LogP contribution >= 0.6 is 0 Å². The molecule has 0 heterocycles. The molecule has 0 saturated heterocycles. The number of amides is 3. The minimum atomic E-state index is -0.721. The molecular weight excluding hydrogens is 422 g/mol. The van der Waals surface area contributed by atoms with Crippen LogP contribution in [0.3, 0.4) is 0 Å². The summed E-state index contributed by atoms with van der Waals surface area (Å²) in [5.41, 5.74) is 1.36. The second-order valence-corrected chi connectivity index (χ2v) is 8.93. The molecule has 3 amide bonds. The quantitative estimate of drug-likeness (QED) is 0.536. The molecule has 8 nitrogen and oxygen atoms in total. The van der Waals surface area contributed by atoms with Gasteiger partial charge in [-0.15, -0.1) is 0 Å². The first-order chi connectivity index (χ1) is 15.4. The molecular formula is C25H33N3O5. The van der Waals surface area contributed by atoms with E-state index in [1.54, 1.807) is 52.0 Å². The molecule has 3 N–H and O–H groups in total. The largest absolute Gasteiger partial charge is 0.481 e. The Labute approximate surface area is 195 Å². The molecule has 33 heavy (non-hydrogen) atoms. The molecule has 0 aromatic heterocycles. The van der Waals surface area contributed by atoms with Gasteiger partial charge in [-0.2, -0.15) is 0 Å². The van der Waals surface area contributed by atoms with Crippen LogP contribution in [-0.4, -0.2) is 36.2 Å². The SMILES string of the molecule is CC(Oc1ccccc1C(C)C)C(=O)Nc1cccc(NC(=O)CNC(=O)OC(C)(C)C)c1. The number of hydrogen-bond donors (Lipinski definition) is 3. The number of carbonyl (C=O) groups is 3. The summed E-state index contributed by atoms with van der Waals surface area (Å²) in [7, 11) is 0. The van der Waals surface area contributed by atoms with Crippen LogP contribution in [0.5, 0.6) is 5.75 Å². The number of ether oxygens (including phenoxy) is 2. The lowest BCUT2D eigenvalue weighted by Gasteiger charge is -2.19. The molecule has 0 spiro atoms. The molecule has 178 valence electrons. The summed E-state index contributed by atoms with van der Waals surface area (Å²) in [4.78, 5) is 36.4. The Balaban J connectivity index is 1.92. The first kappa shape index (κ1) is 25.7. The average molecular weight is 456 g/mol. The maximum absolute atomic E-state index is 12.6. The van der Waals surface area contributed by atoms with E-state index < -0.39 is 23.7 Å². The molecule has 0 aliphatic carbocycles. The number of alkyl carbamates (subject to hydrolysis) is 1. The van der Waals surface area contributed by atoms with Gasteiger partial charge < -0.3 is 25.4 Å². The number of hydrogen-bond acceptors (Lipinski definition) is 5. The van der Waals surface area contributed by atoms with Crippen LogP contribution in [0.4, 0.5) is 16.2 Å². The van der Waals surface area contributed by atoms with Gasteiger partial charge in [0.05, 0.1) is 0 Å². The molecule has 1 unspecified atom stereocenters. The highest BCUT2D eigenvalue weighted by Gasteiger charge is 2.18. The second-order valence-electron chi connectivity index (χ2n) is 8.93. The van der Waals surface area contributed by atoms with Crippen molar-refractivity contribution in [1.29, 1.82) is 0 Å². The van der Waals surface area contributed by atoms with Crippen molar-refractivity contribution in [3.63, 3.8) is 0 Å². The van der Waals surface area contributed by atoms with Crippen molar-refractivity contribution in [2.75, 3.05) is 17.2 Å². The van der Waals surface area contributed by atoms with Crippen LogP contribution in [0, 0.1) is 0 Å². The summed E-state index contributed by atoms with van der Waals surface area (Å²) in [5.74, 6) is 0.199. The third-order valence-corrected chi connectivity index (χ3v) is 4.42. The highest BCUT2D eigenvalue weighted by molar-refractivity contribution is 5.97. The van der Waals surface area contributed by atoms with Crippen LogP contribution in [0.2, 0.25) is 0 Å². The van der Waals surface area contributed by atoms with Crippen LogP contribution in [0.1, 0.15) is 53.0 Å². The lowest BCUT2D eigenvalue weighted by Crippen LogP contribution is -2.37. The monoisotopic (exact) mass is 455 g/mol. The molecule has 0 aliphatic heterocycles. The predicted octanol–water partition coefficient (Wildman–Crippen LogP) is 4.68. The highest BCUT2D eigenvalue weighted by atomic mass is 16.6. The average Bonchev–Trinajstić information content (AvgIpc) is 2.71. The van der Waals surface area contributed by atoms with Crippen molar-refractivity contribution in [3.8, 4) is 5.75 Å². The third kappa shape index (κ3) is 8.84. The fraction of sp³-hybridized carbons (Fsp3) is 0.400. The van der Waals surface area contributed by atoms with Gasteiger partial charge in [-0.25, -0.2) is 4.79 Å². The van der Waals surface area contributed by atoms with Gasteiger partial charge in [0.15, 0.2) is 6.10 Å². The van der Waals surface area contributed by atoms with Crippen LogP contribution in [0.25, 0.3) is 0 Å². The van der Waals surface area contributed by atoms with E-state index in [9.17, 15) is 14.4 Å². The van der Waals surface area contributed by atoms with E-state index in [0.717, 1.165) is 5.56 Å². The van der Waals surface area contributed by atoms with Gasteiger partial charge in [0.2, 0.25) is 5.91 Å². The summed E-state index contributed by atoms with van der Waals surface area (Å²) in [6.45, 7) is 10.8. The molecule has 2 aromatic rings. The van der Waals surface area contributed by atoms with Gasteiger partial charge in [0.25, 0.3) is 5.91 Å². The van der Waals surface area contributed by atoms with E-state index in [1.165, 1.54) is 0 Å². The molecule has 0 aliphatic rings. The maximum atomic E-state index is 12.6. The fourth-order valence-corrected chi connectivity index (χ4v) is 2.90. The summed E-state index contributed by atoms with van der Waals surface area (Å²) in [6, 6.07) is 14.4. The summed E-state index contributed by atoms with van der Waals surface area (Å²) in [6.07, 6.45) is -1.40. The van der Waals surface area contributed by atoms with Crippen LogP contribution < -0.4 is 20.7 Å². The van der Waals surface area contributed by atoms with Gasteiger partial charge in [-0.3, -0.25) is 9.59 Å². The van der Waals surface area contributed by atoms with E-state index in [-0.39, 0.29) is 18.4 Å². The zero-order chi connectivity index (χ0) is 24.6. The maximum Gasteiger partial charge on any atom is 0.408 e. The Morgan fingerprint density at radius 1 is 0.909 bits per heavy atom. The Hall–Kier alpha value is -3.55. The standard InChI is InChI=1S/C25H33N3O5/c1-16(2)20-12-7-8-13-21(20)32-17(3)23(30)28-19-11-9-10-18(14-19)27-22(29)15-26-24(31)33-25(4,5)6/h7-14,16-17H,15H2,1-6H3,(H,26,31)(H,27,29)(H,28,30). The van der Waals surface area contributed by atoms with E-state index >= 15 is 0 Å². The summed E-state index contributed by atoms with van der Waals surface area (Å²) < 4.78 is 11.0. The van der Waals surface area contributed by atoms with Gasteiger partial charge in [0.1, 0.15) is 17.9 Å². The minimum absolute atomic E-state index is 0.244. The molecule has 0 bridgehead atoms. The van der Waals surface area contributed by atoms with Crippen molar-refractivity contribution in [2.45, 2.75) is 59.2 Å². The van der Waals surface area contributed by atoms with Crippen molar-refractivity contribution >= 4 is 29.3 Å². The Morgan fingerprint density at radius 2 is 1.55 bits per heavy atom. The van der Waals surface area contributed by atoms with Gasteiger partial charge in [0, 0.05) is 11.4 Å². The first-order valence-electron chi connectivity index (χ1n) is 10.9. The topological polar surface area (TPSA) is 106 Å². The highest BCUT2D eigenvalue weighted by Crippen LogP contribution is 2.27.